The van der Waals surface area contributed by atoms with Gasteiger partial charge in [0, 0.05) is 5.92 Å². The van der Waals surface area contributed by atoms with Crippen LogP contribution in [0.15, 0.2) is 24.3 Å². The van der Waals surface area contributed by atoms with Crippen molar-refractivity contribution in [2.45, 2.75) is 19.3 Å². The molecular formula is C12H13BrO. The molecule has 0 N–H and O–H groups in total. The fraction of sp³-hybridized carbons (Fsp3) is 0.417. The largest absolute Gasteiger partial charge is 0.298 e. The predicted octanol–water partition coefficient (Wildman–Crippen LogP) is 2.93. The maximum atomic E-state index is 11.6. The molecule has 0 saturated heterocycles. The Hall–Kier alpha value is -0.630. The van der Waals surface area contributed by atoms with E-state index in [1.165, 1.54) is 11.1 Å². The number of ketones is 1. The van der Waals surface area contributed by atoms with Crippen molar-refractivity contribution in [3.05, 3.63) is 35.4 Å². The second-order valence-electron chi connectivity index (χ2n) is 3.90. The summed E-state index contributed by atoms with van der Waals surface area (Å²) in [6.07, 6.45) is 0.918. The molecule has 14 heavy (non-hydrogen) atoms. The highest BCUT2D eigenvalue weighted by molar-refractivity contribution is 9.09. The first-order chi connectivity index (χ1) is 6.74. The van der Waals surface area contributed by atoms with Gasteiger partial charge < -0.3 is 0 Å². The summed E-state index contributed by atoms with van der Waals surface area (Å²) < 4.78 is 0. The Morgan fingerprint density at radius 1 is 1.50 bits per heavy atom. The van der Waals surface area contributed by atoms with Gasteiger partial charge in [-0.05, 0) is 23.5 Å². The van der Waals surface area contributed by atoms with Gasteiger partial charge in [-0.15, -0.1) is 0 Å². The zero-order chi connectivity index (χ0) is 10.1. The molecule has 2 rings (SSSR count). The highest BCUT2D eigenvalue weighted by Gasteiger charge is 2.32. The molecule has 0 aromatic heterocycles. The maximum absolute atomic E-state index is 11.6. The lowest BCUT2D eigenvalue weighted by Crippen LogP contribution is -2.18. The minimum atomic E-state index is 0.187. The monoisotopic (exact) mass is 252 g/mol. The normalized spacial score (nSPS) is 24.7. The van der Waals surface area contributed by atoms with Crippen molar-refractivity contribution in [1.29, 1.82) is 0 Å². The minimum absolute atomic E-state index is 0.187. The van der Waals surface area contributed by atoms with E-state index in [9.17, 15) is 4.79 Å². The average Bonchev–Trinajstić information content (AvgIpc) is 2.56. The lowest BCUT2D eigenvalue weighted by molar-refractivity contribution is -0.120. The van der Waals surface area contributed by atoms with E-state index in [2.05, 4.69) is 41.1 Å². The van der Waals surface area contributed by atoms with Gasteiger partial charge in [0.25, 0.3) is 0 Å². The first-order valence-electron chi connectivity index (χ1n) is 4.90. The Labute approximate surface area is 92.6 Å². The molecule has 0 fully saturated rings. The van der Waals surface area contributed by atoms with Gasteiger partial charge in [-0.1, -0.05) is 47.1 Å². The predicted molar refractivity (Wildman–Crippen MR) is 60.9 cm³/mol. The molecule has 2 atom stereocenters. The topological polar surface area (TPSA) is 17.1 Å². The number of halogens is 1. The molecular weight excluding hydrogens is 240 g/mol. The molecule has 0 spiro atoms. The molecule has 0 aliphatic heterocycles. The van der Waals surface area contributed by atoms with E-state index in [0.29, 0.717) is 17.0 Å². The van der Waals surface area contributed by atoms with E-state index >= 15 is 0 Å². The summed E-state index contributed by atoms with van der Waals surface area (Å²) in [5.41, 5.74) is 2.70. The number of fused-ring (bicyclic) bond motifs is 1. The summed E-state index contributed by atoms with van der Waals surface area (Å²) >= 11 is 3.25. The van der Waals surface area contributed by atoms with E-state index < -0.39 is 0 Å². The molecule has 1 nitrogen and oxygen atoms in total. The van der Waals surface area contributed by atoms with Crippen LogP contribution in [0, 0.1) is 5.92 Å². The van der Waals surface area contributed by atoms with Gasteiger partial charge in [-0.25, -0.2) is 0 Å². The number of hydrogen-bond donors (Lipinski definition) is 0. The first kappa shape index (κ1) is 9.91. The number of alkyl halides is 1. The molecule has 1 aromatic carbocycles. The van der Waals surface area contributed by atoms with Gasteiger partial charge >= 0.3 is 0 Å². The van der Waals surface area contributed by atoms with E-state index in [1.54, 1.807) is 0 Å². The first-order valence-corrected chi connectivity index (χ1v) is 6.02. The molecule has 74 valence electrons. The lowest BCUT2D eigenvalue weighted by Gasteiger charge is -2.12. The summed E-state index contributed by atoms with van der Waals surface area (Å²) in [5.74, 6) is 0.900. The van der Waals surface area contributed by atoms with Crippen LogP contribution < -0.4 is 0 Å². The van der Waals surface area contributed by atoms with Crippen molar-refractivity contribution in [1.82, 2.24) is 0 Å². The van der Waals surface area contributed by atoms with Crippen molar-refractivity contribution in [3.8, 4) is 0 Å². The maximum Gasteiger partial charge on any atom is 0.147 e. The minimum Gasteiger partial charge on any atom is -0.298 e. The van der Waals surface area contributed by atoms with Gasteiger partial charge in [-0.2, -0.15) is 0 Å². The number of hydrogen-bond acceptors (Lipinski definition) is 1. The van der Waals surface area contributed by atoms with Gasteiger partial charge in [0.1, 0.15) is 5.78 Å². The van der Waals surface area contributed by atoms with Crippen LogP contribution in [0.25, 0.3) is 0 Å². The number of benzene rings is 1. The van der Waals surface area contributed by atoms with Crippen LogP contribution in [0.1, 0.15) is 24.0 Å². The Morgan fingerprint density at radius 2 is 2.21 bits per heavy atom. The molecule has 0 unspecified atom stereocenters. The summed E-state index contributed by atoms with van der Waals surface area (Å²) in [6.45, 7) is 2.15. The number of rotatable bonds is 2. The van der Waals surface area contributed by atoms with Gasteiger partial charge in [0.05, 0.1) is 5.33 Å². The smallest absolute Gasteiger partial charge is 0.147 e. The molecule has 0 saturated carbocycles. The van der Waals surface area contributed by atoms with Gasteiger partial charge in [0.15, 0.2) is 0 Å². The molecule has 0 radical (unpaired) electrons. The Balaban J connectivity index is 2.30. The third-order valence-corrected chi connectivity index (χ3v) is 3.69. The lowest BCUT2D eigenvalue weighted by atomic mass is 9.92. The standard InChI is InChI=1S/C12H13BrO/c1-8-10-5-3-2-4-9(10)6-11(8)12(14)7-13/h2-5,8,11H,6-7H2,1H3/t8-,11+/m1/s1. The highest BCUT2D eigenvalue weighted by atomic mass is 79.9. The van der Waals surface area contributed by atoms with Crippen molar-refractivity contribution in [2.24, 2.45) is 5.92 Å². The van der Waals surface area contributed by atoms with Crippen LogP contribution in [-0.2, 0) is 11.2 Å². The number of carbonyl (C=O) groups excluding carboxylic acids is 1. The van der Waals surface area contributed by atoms with Crippen LogP contribution in [-0.4, -0.2) is 11.1 Å². The van der Waals surface area contributed by atoms with Crippen molar-refractivity contribution < 1.29 is 4.79 Å². The fourth-order valence-corrected chi connectivity index (χ4v) is 2.70. The summed E-state index contributed by atoms with van der Waals surface area (Å²) in [4.78, 5) is 11.6. The third-order valence-electron chi connectivity index (χ3n) is 3.13. The number of Topliss-reactive ketones (excluding diaryl/α,β-unsaturated/α-hetero) is 1. The molecule has 1 aliphatic carbocycles. The van der Waals surface area contributed by atoms with Crippen LogP contribution in [0.2, 0.25) is 0 Å². The summed E-state index contributed by atoms with van der Waals surface area (Å²) in [6, 6.07) is 8.37. The van der Waals surface area contributed by atoms with E-state index in [1.807, 2.05) is 6.07 Å². The second-order valence-corrected chi connectivity index (χ2v) is 4.46. The quantitative estimate of drug-likeness (QED) is 0.740. The second kappa shape index (κ2) is 3.85. The van der Waals surface area contributed by atoms with Gasteiger partial charge in [0.2, 0.25) is 0 Å². The van der Waals surface area contributed by atoms with Crippen molar-refractivity contribution in [3.63, 3.8) is 0 Å². The van der Waals surface area contributed by atoms with Crippen molar-refractivity contribution in [2.75, 3.05) is 5.33 Å². The molecule has 1 aromatic rings. The summed E-state index contributed by atoms with van der Waals surface area (Å²) in [7, 11) is 0. The zero-order valence-corrected chi connectivity index (χ0v) is 9.75. The van der Waals surface area contributed by atoms with Crippen LogP contribution in [0.3, 0.4) is 0 Å². The SMILES string of the molecule is C[C@@H]1c2ccccc2C[C@@H]1C(=O)CBr. The molecule has 1 aliphatic rings. The van der Waals surface area contributed by atoms with E-state index in [4.69, 9.17) is 0 Å². The molecule has 2 heteroatoms. The molecule has 0 bridgehead atoms. The van der Waals surface area contributed by atoms with Crippen molar-refractivity contribution >= 4 is 21.7 Å². The Bertz CT molecular complexity index is 359. The van der Waals surface area contributed by atoms with Gasteiger partial charge in [-0.3, -0.25) is 4.79 Å². The van der Waals surface area contributed by atoms with Crippen LogP contribution in [0.5, 0.6) is 0 Å². The summed E-state index contributed by atoms with van der Waals surface area (Å²) in [5, 5.41) is 0.482. The van der Waals surface area contributed by atoms with Crippen LogP contribution in [0.4, 0.5) is 0 Å². The molecule has 0 heterocycles. The highest BCUT2D eigenvalue weighted by Crippen LogP contribution is 2.37. The van der Waals surface area contributed by atoms with E-state index in [0.717, 1.165) is 6.42 Å². The number of carbonyl (C=O) groups is 1. The Kier molecular flexibility index (Phi) is 2.73. The average molecular weight is 253 g/mol. The third kappa shape index (κ3) is 1.52. The Morgan fingerprint density at radius 3 is 2.86 bits per heavy atom. The fourth-order valence-electron chi connectivity index (χ4n) is 2.29. The van der Waals surface area contributed by atoms with E-state index in [-0.39, 0.29) is 5.92 Å². The zero-order valence-electron chi connectivity index (χ0n) is 8.16. The molecule has 0 amide bonds. The van der Waals surface area contributed by atoms with Crippen LogP contribution >= 0.6 is 15.9 Å².